The molecule has 0 atom stereocenters. The first kappa shape index (κ1) is 18.8. The van der Waals surface area contributed by atoms with Crippen molar-refractivity contribution in [3.63, 3.8) is 0 Å². The van der Waals surface area contributed by atoms with E-state index in [4.69, 9.17) is 4.42 Å². The van der Waals surface area contributed by atoms with Crippen LogP contribution in [-0.2, 0) is 11.3 Å². The average Bonchev–Trinajstić information content (AvgIpc) is 3.34. The van der Waals surface area contributed by atoms with Crippen LogP contribution in [0.4, 0.5) is 0 Å². The average molecular weight is 457 g/mol. The number of amides is 1. The molecule has 0 saturated heterocycles. The number of aromatic amines is 1. The van der Waals surface area contributed by atoms with Crippen molar-refractivity contribution in [2.45, 2.75) is 11.8 Å². The summed E-state index contributed by atoms with van der Waals surface area (Å²) in [7, 11) is 1.79. The molecule has 0 aliphatic heterocycles. The number of halogens is 1. The van der Waals surface area contributed by atoms with Gasteiger partial charge < -0.3 is 14.3 Å². The summed E-state index contributed by atoms with van der Waals surface area (Å²) < 4.78 is 6.73. The molecule has 0 aliphatic rings. The van der Waals surface area contributed by atoms with Gasteiger partial charge in [0.2, 0.25) is 5.91 Å². The Morgan fingerprint density at radius 3 is 2.82 bits per heavy atom. The highest BCUT2D eigenvalue weighted by Gasteiger charge is 2.16. The number of fused-ring (bicyclic) bond motifs is 1. The zero-order valence-corrected chi connectivity index (χ0v) is 17.5. The summed E-state index contributed by atoms with van der Waals surface area (Å²) in [6.07, 6.45) is 1.85. The SMILES string of the molecule is CN(Cc1ccccc1Br)C(=O)CSc1nnc(-c2c[nH]c3ccccc23)o1. The van der Waals surface area contributed by atoms with E-state index in [0.717, 1.165) is 26.5 Å². The molecule has 4 aromatic rings. The lowest BCUT2D eigenvalue weighted by Gasteiger charge is -2.17. The minimum absolute atomic E-state index is 0.00685. The standard InChI is InChI=1S/C20H17BrN4O2S/c1-25(11-13-6-2-4-8-16(13)21)18(26)12-28-20-24-23-19(27-20)15-10-22-17-9-5-3-7-14(15)17/h2-10,22H,11-12H2,1H3. The van der Waals surface area contributed by atoms with E-state index in [2.05, 4.69) is 31.1 Å². The summed E-state index contributed by atoms with van der Waals surface area (Å²) >= 11 is 4.75. The maximum Gasteiger partial charge on any atom is 0.277 e. The van der Waals surface area contributed by atoms with E-state index >= 15 is 0 Å². The molecule has 28 heavy (non-hydrogen) atoms. The Kier molecular flexibility index (Phi) is 5.50. The molecule has 0 bridgehead atoms. The Hall–Kier alpha value is -2.58. The minimum atomic E-state index is -0.00685. The lowest BCUT2D eigenvalue weighted by molar-refractivity contribution is -0.127. The Morgan fingerprint density at radius 1 is 1.18 bits per heavy atom. The number of hydrogen-bond acceptors (Lipinski definition) is 5. The smallest absolute Gasteiger partial charge is 0.277 e. The van der Waals surface area contributed by atoms with Gasteiger partial charge in [0.05, 0.1) is 11.3 Å². The molecule has 142 valence electrons. The predicted octanol–water partition coefficient (Wildman–Crippen LogP) is 4.73. The van der Waals surface area contributed by atoms with Crippen LogP contribution in [0.15, 0.2) is 68.8 Å². The van der Waals surface area contributed by atoms with Crippen molar-refractivity contribution in [1.29, 1.82) is 0 Å². The number of H-pyrrole nitrogens is 1. The molecule has 0 radical (unpaired) electrons. The number of carbonyl (C=O) groups excluding carboxylic acids is 1. The second-order valence-corrected chi connectivity index (χ2v) is 8.03. The molecule has 0 spiro atoms. The molecule has 6 nitrogen and oxygen atoms in total. The molecular weight excluding hydrogens is 440 g/mol. The van der Waals surface area contributed by atoms with Gasteiger partial charge in [0.1, 0.15) is 0 Å². The molecule has 2 aromatic carbocycles. The van der Waals surface area contributed by atoms with Gasteiger partial charge >= 0.3 is 0 Å². The molecule has 0 fully saturated rings. The quantitative estimate of drug-likeness (QED) is 0.424. The van der Waals surface area contributed by atoms with Crippen molar-refractivity contribution in [3.05, 3.63) is 64.8 Å². The lowest BCUT2D eigenvalue weighted by atomic mass is 10.2. The Balaban J connectivity index is 1.39. The maximum atomic E-state index is 12.4. The third kappa shape index (κ3) is 3.98. The highest BCUT2D eigenvalue weighted by molar-refractivity contribution is 9.10. The first-order chi connectivity index (χ1) is 13.6. The van der Waals surface area contributed by atoms with Crippen molar-refractivity contribution < 1.29 is 9.21 Å². The molecule has 0 aliphatic carbocycles. The van der Waals surface area contributed by atoms with E-state index in [1.807, 2.05) is 54.7 Å². The topological polar surface area (TPSA) is 75.0 Å². The van der Waals surface area contributed by atoms with Crippen molar-refractivity contribution >= 4 is 44.5 Å². The van der Waals surface area contributed by atoms with Crippen LogP contribution in [0.3, 0.4) is 0 Å². The van der Waals surface area contributed by atoms with Crippen LogP contribution in [-0.4, -0.2) is 38.8 Å². The minimum Gasteiger partial charge on any atom is -0.411 e. The van der Waals surface area contributed by atoms with Crippen LogP contribution in [0.2, 0.25) is 0 Å². The van der Waals surface area contributed by atoms with Gasteiger partial charge in [-0.05, 0) is 17.7 Å². The second-order valence-electron chi connectivity index (χ2n) is 6.25. The number of nitrogens with one attached hydrogen (secondary N) is 1. The van der Waals surface area contributed by atoms with Crippen molar-refractivity contribution in [1.82, 2.24) is 20.1 Å². The third-order valence-corrected chi connectivity index (χ3v) is 5.91. The van der Waals surface area contributed by atoms with Crippen LogP contribution >= 0.6 is 27.7 Å². The Morgan fingerprint density at radius 2 is 1.96 bits per heavy atom. The van der Waals surface area contributed by atoms with Gasteiger partial charge in [-0.3, -0.25) is 4.79 Å². The number of hydrogen-bond donors (Lipinski definition) is 1. The van der Waals surface area contributed by atoms with Gasteiger partial charge in [-0.2, -0.15) is 0 Å². The van der Waals surface area contributed by atoms with Gasteiger partial charge in [-0.15, -0.1) is 10.2 Å². The van der Waals surface area contributed by atoms with E-state index in [0.29, 0.717) is 17.7 Å². The first-order valence-electron chi connectivity index (χ1n) is 8.62. The molecular formula is C20H17BrN4O2S. The van der Waals surface area contributed by atoms with Crippen LogP contribution in [0.1, 0.15) is 5.56 Å². The second kappa shape index (κ2) is 8.20. The fraction of sp³-hybridized carbons (Fsp3) is 0.150. The van der Waals surface area contributed by atoms with Crippen LogP contribution in [0, 0.1) is 0 Å². The number of rotatable bonds is 6. The zero-order valence-electron chi connectivity index (χ0n) is 15.1. The first-order valence-corrected chi connectivity index (χ1v) is 10.4. The summed E-state index contributed by atoms with van der Waals surface area (Å²) in [6, 6.07) is 15.8. The normalized spacial score (nSPS) is 11.1. The maximum absolute atomic E-state index is 12.4. The molecule has 1 amide bonds. The molecule has 1 N–H and O–H groups in total. The molecule has 4 rings (SSSR count). The number of nitrogens with zero attached hydrogens (tertiary/aromatic N) is 3. The van der Waals surface area contributed by atoms with Crippen LogP contribution in [0.5, 0.6) is 0 Å². The largest absolute Gasteiger partial charge is 0.411 e. The van der Waals surface area contributed by atoms with Gasteiger partial charge in [-0.1, -0.05) is 64.1 Å². The predicted molar refractivity (Wildman–Crippen MR) is 113 cm³/mol. The van der Waals surface area contributed by atoms with Gasteiger partial charge in [0.15, 0.2) is 0 Å². The highest BCUT2D eigenvalue weighted by Crippen LogP contribution is 2.29. The van der Waals surface area contributed by atoms with Crippen molar-refractivity contribution in [2.75, 3.05) is 12.8 Å². The van der Waals surface area contributed by atoms with Crippen molar-refractivity contribution in [3.8, 4) is 11.5 Å². The van der Waals surface area contributed by atoms with E-state index in [-0.39, 0.29) is 11.7 Å². The van der Waals surface area contributed by atoms with Gasteiger partial charge in [0.25, 0.3) is 11.1 Å². The number of thioether (sulfide) groups is 1. The summed E-state index contributed by atoms with van der Waals surface area (Å²) in [6.45, 7) is 0.533. The molecule has 0 unspecified atom stereocenters. The monoisotopic (exact) mass is 456 g/mol. The number of benzene rings is 2. The third-order valence-electron chi connectivity index (χ3n) is 4.34. The summed E-state index contributed by atoms with van der Waals surface area (Å²) in [5.41, 5.74) is 2.92. The molecule has 0 saturated carbocycles. The summed E-state index contributed by atoms with van der Waals surface area (Å²) in [4.78, 5) is 17.3. The van der Waals surface area contributed by atoms with E-state index in [9.17, 15) is 4.79 Å². The van der Waals surface area contributed by atoms with Crippen LogP contribution in [0.25, 0.3) is 22.4 Å². The van der Waals surface area contributed by atoms with E-state index in [1.165, 1.54) is 11.8 Å². The van der Waals surface area contributed by atoms with Gasteiger partial charge in [-0.25, -0.2) is 0 Å². The zero-order chi connectivity index (χ0) is 19.5. The van der Waals surface area contributed by atoms with Crippen LogP contribution < -0.4 is 0 Å². The highest BCUT2D eigenvalue weighted by atomic mass is 79.9. The van der Waals surface area contributed by atoms with E-state index < -0.39 is 0 Å². The Bertz CT molecular complexity index is 1120. The fourth-order valence-electron chi connectivity index (χ4n) is 2.83. The molecule has 2 heterocycles. The summed E-state index contributed by atoms with van der Waals surface area (Å²) in [5, 5.41) is 9.58. The Labute approximate surface area is 174 Å². The number of aromatic nitrogens is 3. The van der Waals surface area contributed by atoms with Gasteiger partial charge in [0, 0.05) is 35.2 Å². The number of carbonyl (C=O) groups is 1. The van der Waals surface area contributed by atoms with Crippen molar-refractivity contribution in [2.24, 2.45) is 0 Å². The van der Waals surface area contributed by atoms with E-state index in [1.54, 1.807) is 11.9 Å². The lowest BCUT2D eigenvalue weighted by Crippen LogP contribution is -2.27. The summed E-state index contributed by atoms with van der Waals surface area (Å²) in [5.74, 6) is 0.665. The fourth-order valence-corrected chi connectivity index (χ4v) is 3.94. The molecule has 2 aromatic heterocycles. The number of para-hydroxylation sites is 1. The molecule has 8 heteroatoms.